The summed E-state index contributed by atoms with van der Waals surface area (Å²) < 4.78 is 10.9. The fraction of sp³-hybridized carbons (Fsp3) is 0.200. The number of allylic oxidation sites excluding steroid dienone is 1. The molecule has 4 rings (SSSR count). The first-order valence-electron chi connectivity index (χ1n) is 8.58. The lowest BCUT2D eigenvalue weighted by Crippen LogP contribution is -2.45. The summed E-state index contributed by atoms with van der Waals surface area (Å²) in [5, 5.41) is 9.71. The number of nitrogens with one attached hydrogen (secondary N) is 3. The Bertz CT molecular complexity index is 971. The van der Waals surface area contributed by atoms with Gasteiger partial charge in [0.1, 0.15) is 0 Å². The zero-order chi connectivity index (χ0) is 19.0. The molecule has 0 saturated carbocycles. The smallest absolute Gasteiger partial charge is 0.255 e. The van der Waals surface area contributed by atoms with Crippen LogP contribution < -0.4 is 25.4 Å². The number of fused-ring (bicyclic) bond motifs is 1. The maximum atomic E-state index is 13.1. The molecular formula is C20H19N3O3S. The number of benzene rings is 2. The molecule has 2 aliphatic heterocycles. The van der Waals surface area contributed by atoms with Crippen LogP contribution in [0.4, 0.5) is 5.69 Å². The molecule has 0 fully saturated rings. The third-order valence-corrected chi connectivity index (χ3v) is 4.86. The van der Waals surface area contributed by atoms with E-state index in [1.54, 1.807) is 0 Å². The molecule has 0 unspecified atom stereocenters. The second-order valence-corrected chi connectivity index (χ2v) is 6.86. The molecule has 2 aromatic rings. The predicted octanol–water partition coefficient (Wildman–Crippen LogP) is 3.16. The Hall–Kier alpha value is -3.06. The van der Waals surface area contributed by atoms with Gasteiger partial charge in [-0.15, -0.1) is 0 Å². The van der Waals surface area contributed by atoms with Gasteiger partial charge in [-0.3, -0.25) is 4.79 Å². The number of carbonyl (C=O) groups excluding carboxylic acids is 1. The second kappa shape index (κ2) is 6.92. The van der Waals surface area contributed by atoms with Gasteiger partial charge in [0.15, 0.2) is 16.6 Å². The lowest BCUT2D eigenvalue weighted by molar-refractivity contribution is -0.113. The standard InChI is InChI=1S/C20H19N3O3S/c1-11-5-3-4-6-14(11)22-19(24)17-12(2)21-20(27)23-18(17)13-7-8-15-16(9-13)26-10-25-15/h3-9,18H,10H2,1-2H3,(H,22,24)(H2,21,23,27)/t18-/m0/s1. The van der Waals surface area contributed by atoms with Crippen molar-refractivity contribution in [2.75, 3.05) is 12.1 Å². The summed E-state index contributed by atoms with van der Waals surface area (Å²) in [4.78, 5) is 13.1. The molecule has 0 saturated heterocycles. The number of hydrogen-bond donors (Lipinski definition) is 3. The lowest BCUT2D eigenvalue weighted by Gasteiger charge is -2.30. The van der Waals surface area contributed by atoms with Crippen LogP contribution in [0.1, 0.15) is 24.1 Å². The minimum absolute atomic E-state index is 0.188. The molecule has 0 radical (unpaired) electrons. The van der Waals surface area contributed by atoms with Crippen LogP contribution in [0.25, 0.3) is 0 Å². The van der Waals surface area contributed by atoms with Crippen LogP contribution in [0.5, 0.6) is 11.5 Å². The first-order chi connectivity index (χ1) is 13.0. The predicted molar refractivity (Wildman–Crippen MR) is 107 cm³/mol. The third kappa shape index (κ3) is 3.33. The highest BCUT2D eigenvalue weighted by Gasteiger charge is 2.31. The van der Waals surface area contributed by atoms with Crippen molar-refractivity contribution in [1.82, 2.24) is 10.6 Å². The Labute approximate surface area is 162 Å². The molecule has 1 atom stereocenters. The van der Waals surface area contributed by atoms with Crippen molar-refractivity contribution in [2.45, 2.75) is 19.9 Å². The summed E-state index contributed by atoms with van der Waals surface area (Å²) >= 11 is 5.31. The highest BCUT2D eigenvalue weighted by atomic mass is 32.1. The van der Waals surface area contributed by atoms with Crippen LogP contribution >= 0.6 is 12.2 Å². The number of thiocarbonyl (C=S) groups is 1. The van der Waals surface area contributed by atoms with Gasteiger partial charge in [-0.1, -0.05) is 24.3 Å². The van der Waals surface area contributed by atoms with Gasteiger partial charge in [0.2, 0.25) is 6.79 Å². The van der Waals surface area contributed by atoms with Crippen molar-refractivity contribution >= 4 is 28.9 Å². The van der Waals surface area contributed by atoms with Crippen LogP contribution in [-0.2, 0) is 4.79 Å². The van der Waals surface area contributed by atoms with Crippen LogP contribution in [0.2, 0.25) is 0 Å². The Morgan fingerprint density at radius 1 is 1.15 bits per heavy atom. The zero-order valence-corrected chi connectivity index (χ0v) is 15.8. The monoisotopic (exact) mass is 381 g/mol. The van der Waals surface area contributed by atoms with E-state index in [1.165, 1.54) is 0 Å². The molecule has 2 aliphatic rings. The maximum Gasteiger partial charge on any atom is 0.255 e. The molecule has 138 valence electrons. The number of ether oxygens (including phenoxy) is 2. The summed E-state index contributed by atoms with van der Waals surface area (Å²) in [5.41, 5.74) is 3.94. The summed E-state index contributed by atoms with van der Waals surface area (Å²) in [6.07, 6.45) is 0. The molecule has 7 heteroatoms. The number of hydrogen-bond acceptors (Lipinski definition) is 4. The van der Waals surface area contributed by atoms with E-state index >= 15 is 0 Å². The van der Waals surface area contributed by atoms with Crippen LogP contribution in [0.15, 0.2) is 53.7 Å². The molecule has 6 nitrogen and oxygen atoms in total. The number of anilines is 1. The molecule has 2 aromatic carbocycles. The maximum absolute atomic E-state index is 13.1. The van der Waals surface area contributed by atoms with Gasteiger partial charge >= 0.3 is 0 Å². The molecule has 0 aromatic heterocycles. The van der Waals surface area contributed by atoms with E-state index in [9.17, 15) is 4.79 Å². The van der Waals surface area contributed by atoms with Crippen LogP contribution in [-0.4, -0.2) is 17.8 Å². The fourth-order valence-corrected chi connectivity index (χ4v) is 3.51. The summed E-state index contributed by atoms with van der Waals surface area (Å²) in [6.45, 7) is 4.00. The SMILES string of the molecule is CC1=C(C(=O)Nc2ccccc2C)[C@H](c2ccc3c(c2)OCO3)NC(=S)N1. The number of aryl methyl sites for hydroxylation is 1. The number of amides is 1. The Morgan fingerprint density at radius 2 is 1.93 bits per heavy atom. The van der Waals surface area contributed by atoms with Crippen molar-refractivity contribution in [3.63, 3.8) is 0 Å². The molecule has 0 aliphatic carbocycles. The molecular weight excluding hydrogens is 362 g/mol. The normalized spacial score (nSPS) is 18.0. The number of rotatable bonds is 3. The van der Waals surface area contributed by atoms with Crippen molar-refractivity contribution < 1.29 is 14.3 Å². The Kier molecular flexibility index (Phi) is 4.45. The number of carbonyl (C=O) groups is 1. The summed E-state index contributed by atoms with van der Waals surface area (Å²) in [5.74, 6) is 1.17. The number of para-hydroxylation sites is 1. The van der Waals surface area contributed by atoms with E-state index in [0.717, 1.165) is 16.8 Å². The van der Waals surface area contributed by atoms with E-state index < -0.39 is 6.04 Å². The minimum atomic E-state index is -0.391. The molecule has 0 spiro atoms. The summed E-state index contributed by atoms with van der Waals surface area (Å²) in [7, 11) is 0. The van der Waals surface area contributed by atoms with E-state index in [2.05, 4.69) is 16.0 Å². The topological polar surface area (TPSA) is 71.6 Å². The van der Waals surface area contributed by atoms with Gasteiger partial charge in [0.25, 0.3) is 5.91 Å². The van der Waals surface area contributed by atoms with Crippen LogP contribution in [0, 0.1) is 6.92 Å². The van der Waals surface area contributed by atoms with E-state index in [1.807, 2.05) is 56.3 Å². The highest BCUT2D eigenvalue weighted by molar-refractivity contribution is 7.80. The van der Waals surface area contributed by atoms with Gasteiger partial charge in [0.05, 0.1) is 11.6 Å². The highest BCUT2D eigenvalue weighted by Crippen LogP contribution is 2.37. The van der Waals surface area contributed by atoms with E-state index in [-0.39, 0.29) is 12.7 Å². The van der Waals surface area contributed by atoms with Gasteiger partial charge in [0, 0.05) is 11.4 Å². The average Bonchev–Trinajstić information content (AvgIpc) is 3.10. The van der Waals surface area contributed by atoms with Crippen molar-refractivity contribution in [3.05, 3.63) is 64.9 Å². The molecule has 3 N–H and O–H groups in total. The second-order valence-electron chi connectivity index (χ2n) is 6.45. The van der Waals surface area contributed by atoms with Gasteiger partial charge in [-0.05, 0) is 55.4 Å². The summed E-state index contributed by atoms with van der Waals surface area (Å²) in [6, 6.07) is 12.9. The largest absolute Gasteiger partial charge is 0.454 e. The molecule has 27 heavy (non-hydrogen) atoms. The average molecular weight is 381 g/mol. The Balaban J connectivity index is 1.69. The first kappa shape index (κ1) is 17.4. The molecule has 2 heterocycles. The zero-order valence-electron chi connectivity index (χ0n) is 15.0. The minimum Gasteiger partial charge on any atom is -0.454 e. The molecule has 0 bridgehead atoms. The van der Waals surface area contributed by atoms with Crippen LogP contribution in [0.3, 0.4) is 0 Å². The van der Waals surface area contributed by atoms with Crippen molar-refractivity contribution in [2.24, 2.45) is 0 Å². The van der Waals surface area contributed by atoms with Gasteiger partial charge in [-0.2, -0.15) is 0 Å². The third-order valence-electron chi connectivity index (χ3n) is 4.64. The molecule has 1 amide bonds. The fourth-order valence-electron chi connectivity index (χ4n) is 3.24. The Morgan fingerprint density at radius 3 is 2.74 bits per heavy atom. The lowest BCUT2D eigenvalue weighted by atomic mass is 9.94. The van der Waals surface area contributed by atoms with E-state index in [4.69, 9.17) is 21.7 Å². The van der Waals surface area contributed by atoms with E-state index in [0.29, 0.717) is 27.9 Å². The van der Waals surface area contributed by atoms with Gasteiger partial charge in [-0.25, -0.2) is 0 Å². The first-order valence-corrected chi connectivity index (χ1v) is 8.98. The van der Waals surface area contributed by atoms with Crippen molar-refractivity contribution in [1.29, 1.82) is 0 Å². The van der Waals surface area contributed by atoms with Crippen molar-refractivity contribution in [3.8, 4) is 11.5 Å². The van der Waals surface area contributed by atoms with Gasteiger partial charge < -0.3 is 25.4 Å². The quantitative estimate of drug-likeness (QED) is 0.710.